The van der Waals surface area contributed by atoms with Crippen LogP contribution in [0.2, 0.25) is 0 Å². The van der Waals surface area contributed by atoms with E-state index in [-0.39, 0.29) is 6.61 Å². The molecule has 0 spiro atoms. The smallest absolute Gasteiger partial charge is 0.150 e. The molecule has 0 saturated heterocycles. The lowest BCUT2D eigenvalue weighted by molar-refractivity contribution is 0.281. The van der Waals surface area contributed by atoms with Gasteiger partial charge < -0.3 is 10.8 Å². The number of nitrogen functional groups attached to an aromatic ring is 1. The molecule has 2 heterocycles. The zero-order valence-electron chi connectivity index (χ0n) is 15.7. The zero-order chi connectivity index (χ0) is 19.0. The summed E-state index contributed by atoms with van der Waals surface area (Å²) >= 11 is 0. The number of aliphatic hydroxyl groups is 1. The Bertz CT molecular complexity index is 1150. The van der Waals surface area contributed by atoms with Crippen molar-refractivity contribution in [3.63, 3.8) is 0 Å². The summed E-state index contributed by atoms with van der Waals surface area (Å²) in [5, 5.41) is 11.5. The number of hydrogen-bond acceptors (Lipinski definition) is 4. The summed E-state index contributed by atoms with van der Waals surface area (Å²) in [6, 6.07) is 14.5. The van der Waals surface area contributed by atoms with Gasteiger partial charge in [0.25, 0.3) is 0 Å². The van der Waals surface area contributed by atoms with E-state index in [9.17, 15) is 5.11 Å². The number of fused-ring (bicyclic) bond motifs is 3. The van der Waals surface area contributed by atoms with Gasteiger partial charge in [0.2, 0.25) is 0 Å². The first kappa shape index (κ1) is 17.4. The summed E-state index contributed by atoms with van der Waals surface area (Å²) in [5.41, 5.74) is 13.7. The van der Waals surface area contributed by atoms with Gasteiger partial charge in [-0.15, -0.1) is 0 Å². The van der Waals surface area contributed by atoms with Crippen LogP contribution in [-0.2, 0) is 19.4 Å². The average Bonchev–Trinajstić information content (AvgIpc) is 2.66. The Morgan fingerprint density at radius 2 is 1.78 bits per heavy atom. The molecule has 2 aromatic heterocycles. The fourth-order valence-corrected chi connectivity index (χ4v) is 3.74. The highest BCUT2D eigenvalue weighted by atomic mass is 16.3. The van der Waals surface area contributed by atoms with E-state index >= 15 is 0 Å². The second-order valence-corrected chi connectivity index (χ2v) is 7.13. The summed E-state index contributed by atoms with van der Waals surface area (Å²) in [4.78, 5) is 9.04. The van der Waals surface area contributed by atoms with Gasteiger partial charge in [0, 0.05) is 17.0 Å². The van der Waals surface area contributed by atoms with Gasteiger partial charge in [0.05, 0.1) is 12.1 Å². The van der Waals surface area contributed by atoms with Gasteiger partial charge >= 0.3 is 0 Å². The van der Waals surface area contributed by atoms with E-state index in [2.05, 4.69) is 60.2 Å². The summed E-state index contributed by atoms with van der Waals surface area (Å²) < 4.78 is 0. The van der Waals surface area contributed by atoms with Crippen molar-refractivity contribution in [1.29, 1.82) is 0 Å². The van der Waals surface area contributed by atoms with Gasteiger partial charge in [0.15, 0.2) is 5.82 Å². The quantitative estimate of drug-likeness (QED) is 0.535. The molecule has 0 atom stereocenters. The van der Waals surface area contributed by atoms with Crippen LogP contribution in [-0.4, -0.2) is 15.1 Å². The first-order chi connectivity index (χ1) is 13.1. The Morgan fingerprint density at radius 1 is 0.963 bits per heavy atom. The van der Waals surface area contributed by atoms with Crippen molar-refractivity contribution in [2.75, 3.05) is 5.73 Å². The number of aliphatic hydroxyl groups excluding tert-OH is 1. The number of nitrogens with zero attached hydrogens (tertiary/aromatic N) is 2. The summed E-state index contributed by atoms with van der Waals surface area (Å²) in [7, 11) is 0. The Balaban J connectivity index is 1.79. The molecule has 0 amide bonds. The molecular formula is C23H23N3O. The second-order valence-electron chi connectivity index (χ2n) is 7.13. The minimum Gasteiger partial charge on any atom is -0.392 e. The first-order valence-electron chi connectivity index (χ1n) is 9.19. The molecule has 0 unspecified atom stereocenters. The molecule has 0 aliphatic heterocycles. The van der Waals surface area contributed by atoms with Crippen LogP contribution in [0, 0.1) is 13.8 Å². The lowest BCUT2D eigenvalue weighted by Crippen LogP contribution is -2.00. The second kappa shape index (κ2) is 6.97. The summed E-state index contributed by atoms with van der Waals surface area (Å²) in [6.45, 7) is 4.23. The average molecular weight is 357 g/mol. The van der Waals surface area contributed by atoms with Gasteiger partial charge in [-0.3, -0.25) is 4.98 Å². The number of rotatable bonds is 4. The fraction of sp³-hybridized carbons (Fsp3) is 0.217. The van der Waals surface area contributed by atoms with E-state index in [0.29, 0.717) is 5.82 Å². The highest BCUT2D eigenvalue weighted by Gasteiger charge is 2.12. The third-order valence-corrected chi connectivity index (χ3v) is 5.20. The van der Waals surface area contributed by atoms with Crippen molar-refractivity contribution in [3.8, 4) is 0 Å². The third kappa shape index (κ3) is 3.24. The number of hydrogen-bond donors (Lipinski definition) is 2. The SMILES string of the molecule is Cc1ccc2c(c1)nc(N)c1nccc(CCc3ccc(CO)cc3C)c12. The maximum atomic E-state index is 9.30. The minimum atomic E-state index is 0.0772. The van der Waals surface area contributed by atoms with Crippen molar-refractivity contribution < 1.29 is 5.11 Å². The molecule has 0 saturated carbocycles. The van der Waals surface area contributed by atoms with Gasteiger partial charge in [0.1, 0.15) is 5.52 Å². The van der Waals surface area contributed by atoms with Crippen LogP contribution in [0.4, 0.5) is 5.82 Å². The van der Waals surface area contributed by atoms with E-state index in [1.165, 1.54) is 22.3 Å². The van der Waals surface area contributed by atoms with E-state index < -0.39 is 0 Å². The van der Waals surface area contributed by atoms with Crippen LogP contribution in [0.5, 0.6) is 0 Å². The maximum Gasteiger partial charge on any atom is 0.150 e. The van der Waals surface area contributed by atoms with E-state index in [1.54, 1.807) is 0 Å². The van der Waals surface area contributed by atoms with Crippen LogP contribution in [0.15, 0.2) is 48.7 Å². The summed E-state index contributed by atoms with van der Waals surface area (Å²) in [5.74, 6) is 0.480. The highest BCUT2D eigenvalue weighted by molar-refractivity contribution is 6.09. The number of pyridine rings is 2. The molecular weight excluding hydrogens is 334 g/mol. The first-order valence-corrected chi connectivity index (χ1v) is 9.19. The lowest BCUT2D eigenvalue weighted by Gasteiger charge is -2.12. The molecule has 2 aromatic carbocycles. The largest absolute Gasteiger partial charge is 0.392 e. The normalized spacial score (nSPS) is 11.4. The monoisotopic (exact) mass is 357 g/mol. The summed E-state index contributed by atoms with van der Waals surface area (Å²) in [6.07, 6.45) is 3.63. The predicted molar refractivity (Wildman–Crippen MR) is 111 cm³/mol. The molecule has 136 valence electrons. The van der Waals surface area contributed by atoms with Gasteiger partial charge in [-0.05, 0) is 66.6 Å². The van der Waals surface area contributed by atoms with Gasteiger partial charge in [-0.1, -0.05) is 30.3 Å². The molecule has 0 aliphatic rings. The number of aryl methyl sites for hydroxylation is 4. The van der Waals surface area contributed by atoms with E-state index in [0.717, 1.165) is 40.2 Å². The Labute approximate surface area is 158 Å². The number of aromatic nitrogens is 2. The van der Waals surface area contributed by atoms with Crippen LogP contribution in [0.3, 0.4) is 0 Å². The Kier molecular flexibility index (Phi) is 4.50. The molecule has 27 heavy (non-hydrogen) atoms. The molecule has 0 fully saturated rings. The fourth-order valence-electron chi connectivity index (χ4n) is 3.74. The van der Waals surface area contributed by atoms with Crippen LogP contribution < -0.4 is 5.73 Å². The molecule has 4 rings (SSSR count). The van der Waals surface area contributed by atoms with Gasteiger partial charge in [-0.2, -0.15) is 0 Å². The number of nitrogens with two attached hydrogens (primary N) is 1. The minimum absolute atomic E-state index is 0.0772. The predicted octanol–water partition coefficient (Wildman–Crippen LogP) is 4.26. The van der Waals surface area contributed by atoms with Gasteiger partial charge in [-0.25, -0.2) is 4.98 Å². The Morgan fingerprint density at radius 3 is 2.56 bits per heavy atom. The molecule has 4 aromatic rings. The van der Waals surface area contributed by atoms with Crippen molar-refractivity contribution in [2.24, 2.45) is 0 Å². The maximum absolute atomic E-state index is 9.30. The number of benzene rings is 2. The lowest BCUT2D eigenvalue weighted by atomic mass is 9.96. The highest BCUT2D eigenvalue weighted by Crippen LogP contribution is 2.30. The standard InChI is InChI=1S/C23H23N3O/c1-14-3-8-19-20(11-14)26-23(24)22-21(19)18(9-10-25-22)7-6-17-5-4-16(13-27)12-15(17)2/h3-5,8-12,27H,6-7,13H2,1-2H3,(H2,24,26). The molecule has 0 aliphatic carbocycles. The molecule has 3 N–H and O–H groups in total. The van der Waals surface area contributed by atoms with Crippen LogP contribution in [0.1, 0.15) is 27.8 Å². The van der Waals surface area contributed by atoms with Crippen LogP contribution in [0.25, 0.3) is 21.8 Å². The topological polar surface area (TPSA) is 72.0 Å². The van der Waals surface area contributed by atoms with Crippen molar-refractivity contribution in [2.45, 2.75) is 33.3 Å². The number of anilines is 1. The molecule has 4 nitrogen and oxygen atoms in total. The molecule has 0 bridgehead atoms. The Hall–Kier alpha value is -2.98. The van der Waals surface area contributed by atoms with Crippen molar-refractivity contribution in [3.05, 3.63) is 76.5 Å². The van der Waals surface area contributed by atoms with Crippen molar-refractivity contribution >= 4 is 27.6 Å². The third-order valence-electron chi connectivity index (χ3n) is 5.20. The van der Waals surface area contributed by atoms with Crippen molar-refractivity contribution in [1.82, 2.24) is 9.97 Å². The van der Waals surface area contributed by atoms with Crippen LogP contribution >= 0.6 is 0 Å². The zero-order valence-corrected chi connectivity index (χ0v) is 15.7. The molecule has 4 heteroatoms. The molecule has 0 radical (unpaired) electrons. The van der Waals surface area contributed by atoms with E-state index in [1.807, 2.05) is 12.3 Å². The van der Waals surface area contributed by atoms with E-state index in [4.69, 9.17) is 5.73 Å².